The van der Waals surface area contributed by atoms with Gasteiger partial charge in [-0.3, -0.25) is 4.79 Å². The maximum Gasteiger partial charge on any atom is 0.267 e. The number of carbonyl (C=O) groups excluding carboxylic acids is 1. The Morgan fingerprint density at radius 1 is 1.25 bits per heavy atom. The van der Waals surface area contributed by atoms with Crippen molar-refractivity contribution in [2.45, 2.75) is 13.2 Å². The van der Waals surface area contributed by atoms with Crippen molar-refractivity contribution in [1.82, 2.24) is 0 Å². The summed E-state index contributed by atoms with van der Waals surface area (Å²) in [6, 6.07) is 6.25. The molecule has 16 heavy (non-hydrogen) atoms. The maximum atomic E-state index is 10.8. The van der Waals surface area contributed by atoms with Gasteiger partial charge in [-0.1, -0.05) is 0 Å². The van der Waals surface area contributed by atoms with Crippen molar-refractivity contribution in [3.63, 3.8) is 0 Å². The summed E-state index contributed by atoms with van der Waals surface area (Å²) < 4.78 is 31.3. The summed E-state index contributed by atoms with van der Waals surface area (Å²) in [5.41, 5.74) is 0.518. The minimum absolute atomic E-state index is 0.432. The first-order valence-corrected chi connectivity index (χ1v) is 6.32. The van der Waals surface area contributed by atoms with E-state index in [-0.39, 0.29) is 0 Å². The van der Waals surface area contributed by atoms with E-state index in [9.17, 15) is 13.2 Å². The third kappa shape index (κ3) is 4.41. The van der Waals surface area contributed by atoms with Crippen LogP contribution in [-0.4, -0.2) is 27.2 Å². The molecule has 0 bridgehead atoms. The standard InChI is InChI=1S/C10H12O5S/c1-8(15-16(2,12)13)14-10-5-3-9(7-11)4-6-10/h3-8H,1-2H3. The Bertz CT molecular complexity index is 449. The van der Waals surface area contributed by atoms with Crippen LogP contribution in [0.1, 0.15) is 17.3 Å². The quantitative estimate of drug-likeness (QED) is 0.442. The van der Waals surface area contributed by atoms with Crippen LogP contribution in [0.3, 0.4) is 0 Å². The molecule has 1 aromatic carbocycles. The largest absolute Gasteiger partial charge is 0.464 e. The molecular weight excluding hydrogens is 232 g/mol. The van der Waals surface area contributed by atoms with E-state index in [2.05, 4.69) is 4.18 Å². The summed E-state index contributed by atoms with van der Waals surface area (Å²) in [5.74, 6) is 0.432. The number of hydrogen-bond donors (Lipinski definition) is 0. The lowest BCUT2D eigenvalue weighted by Gasteiger charge is -2.13. The van der Waals surface area contributed by atoms with Gasteiger partial charge in [0.2, 0.25) is 6.29 Å². The monoisotopic (exact) mass is 244 g/mol. The Morgan fingerprint density at radius 2 is 1.81 bits per heavy atom. The van der Waals surface area contributed by atoms with Gasteiger partial charge >= 0.3 is 0 Å². The van der Waals surface area contributed by atoms with Crippen molar-refractivity contribution in [3.05, 3.63) is 29.8 Å². The summed E-state index contributed by atoms with van der Waals surface area (Å²) >= 11 is 0. The molecule has 0 aliphatic rings. The molecule has 1 aromatic rings. The number of aldehydes is 1. The maximum absolute atomic E-state index is 10.8. The van der Waals surface area contributed by atoms with E-state index in [1.54, 1.807) is 24.3 Å². The lowest BCUT2D eigenvalue weighted by molar-refractivity contribution is 0.0291. The zero-order valence-corrected chi connectivity index (χ0v) is 9.73. The third-order valence-corrected chi connectivity index (χ3v) is 2.25. The zero-order valence-electron chi connectivity index (χ0n) is 8.91. The van der Waals surface area contributed by atoms with E-state index < -0.39 is 16.4 Å². The second-order valence-corrected chi connectivity index (χ2v) is 4.77. The highest BCUT2D eigenvalue weighted by Gasteiger charge is 2.11. The summed E-state index contributed by atoms with van der Waals surface area (Å²) in [7, 11) is -3.54. The predicted octanol–water partition coefficient (Wildman–Crippen LogP) is 1.20. The van der Waals surface area contributed by atoms with Gasteiger partial charge in [-0.25, -0.2) is 4.18 Å². The summed E-state index contributed by atoms with van der Waals surface area (Å²) in [6.07, 6.45) is 0.750. The fourth-order valence-corrected chi connectivity index (χ4v) is 1.61. The van der Waals surface area contributed by atoms with Crippen molar-refractivity contribution in [2.75, 3.05) is 6.26 Å². The second kappa shape index (κ2) is 5.09. The van der Waals surface area contributed by atoms with E-state index in [4.69, 9.17) is 4.74 Å². The highest BCUT2D eigenvalue weighted by atomic mass is 32.2. The number of carbonyl (C=O) groups is 1. The number of ether oxygens (including phenoxy) is 1. The number of benzene rings is 1. The highest BCUT2D eigenvalue weighted by Crippen LogP contribution is 2.14. The van der Waals surface area contributed by atoms with Crippen LogP contribution < -0.4 is 4.74 Å². The van der Waals surface area contributed by atoms with Gasteiger partial charge in [0.05, 0.1) is 6.26 Å². The van der Waals surface area contributed by atoms with Crippen LogP contribution in [0, 0.1) is 0 Å². The van der Waals surface area contributed by atoms with Gasteiger partial charge < -0.3 is 4.74 Å². The number of rotatable bonds is 5. The molecule has 0 radical (unpaired) electrons. The number of hydrogen-bond acceptors (Lipinski definition) is 5. The van der Waals surface area contributed by atoms with Gasteiger partial charge in [-0.15, -0.1) is 0 Å². The van der Waals surface area contributed by atoms with Crippen molar-refractivity contribution in [2.24, 2.45) is 0 Å². The van der Waals surface area contributed by atoms with E-state index in [0.29, 0.717) is 17.6 Å². The highest BCUT2D eigenvalue weighted by molar-refractivity contribution is 7.86. The van der Waals surface area contributed by atoms with Gasteiger partial charge in [-0.2, -0.15) is 8.42 Å². The topological polar surface area (TPSA) is 69.7 Å². The molecule has 0 spiro atoms. The van der Waals surface area contributed by atoms with Crippen LogP contribution in [0.2, 0.25) is 0 Å². The Morgan fingerprint density at radius 3 is 2.25 bits per heavy atom. The molecule has 0 aliphatic carbocycles. The van der Waals surface area contributed by atoms with Crippen molar-refractivity contribution < 1.29 is 22.1 Å². The average molecular weight is 244 g/mol. The summed E-state index contributed by atoms with van der Waals surface area (Å²) in [4.78, 5) is 10.4. The molecule has 0 amide bonds. The molecule has 0 fully saturated rings. The van der Waals surface area contributed by atoms with Crippen molar-refractivity contribution in [1.29, 1.82) is 0 Å². The van der Waals surface area contributed by atoms with Crippen LogP contribution in [0.4, 0.5) is 0 Å². The van der Waals surface area contributed by atoms with Crippen LogP contribution in [0.15, 0.2) is 24.3 Å². The third-order valence-electron chi connectivity index (χ3n) is 1.63. The molecular formula is C10H12O5S. The molecule has 5 nitrogen and oxygen atoms in total. The minimum Gasteiger partial charge on any atom is -0.464 e. The fourth-order valence-electron chi connectivity index (χ4n) is 1.08. The average Bonchev–Trinajstić information content (AvgIpc) is 2.16. The Balaban J connectivity index is 2.62. The smallest absolute Gasteiger partial charge is 0.267 e. The molecule has 0 saturated heterocycles. The van der Waals surface area contributed by atoms with Crippen LogP contribution in [-0.2, 0) is 14.3 Å². The van der Waals surface area contributed by atoms with Gasteiger partial charge in [0.1, 0.15) is 12.0 Å². The SMILES string of the molecule is CC(Oc1ccc(C=O)cc1)OS(C)(=O)=O. The first-order valence-electron chi connectivity index (χ1n) is 4.51. The Labute approximate surface area is 94.1 Å². The summed E-state index contributed by atoms with van der Waals surface area (Å²) in [5, 5.41) is 0. The Kier molecular flexibility index (Phi) is 4.03. The van der Waals surface area contributed by atoms with Gasteiger partial charge in [0, 0.05) is 5.56 Å². The normalized spacial score (nSPS) is 13.1. The fraction of sp³-hybridized carbons (Fsp3) is 0.300. The molecule has 6 heteroatoms. The van der Waals surface area contributed by atoms with Crippen LogP contribution >= 0.6 is 0 Å². The van der Waals surface area contributed by atoms with Crippen LogP contribution in [0.5, 0.6) is 5.75 Å². The molecule has 1 unspecified atom stereocenters. The summed E-state index contributed by atoms with van der Waals surface area (Å²) in [6.45, 7) is 1.47. The first-order chi connectivity index (χ1) is 7.40. The van der Waals surface area contributed by atoms with E-state index in [0.717, 1.165) is 6.26 Å². The van der Waals surface area contributed by atoms with E-state index in [1.807, 2.05) is 0 Å². The lowest BCUT2D eigenvalue weighted by atomic mass is 10.2. The Hall–Kier alpha value is -1.40. The van der Waals surface area contributed by atoms with Gasteiger partial charge in [0.25, 0.3) is 10.1 Å². The second-order valence-electron chi connectivity index (χ2n) is 3.17. The molecule has 1 atom stereocenters. The van der Waals surface area contributed by atoms with Gasteiger partial charge in [-0.05, 0) is 31.2 Å². The van der Waals surface area contributed by atoms with Crippen molar-refractivity contribution in [3.8, 4) is 5.75 Å². The molecule has 0 aliphatic heterocycles. The van der Waals surface area contributed by atoms with E-state index in [1.165, 1.54) is 6.92 Å². The minimum atomic E-state index is -3.54. The van der Waals surface area contributed by atoms with Crippen LogP contribution in [0.25, 0.3) is 0 Å². The molecule has 0 heterocycles. The molecule has 0 aromatic heterocycles. The molecule has 88 valence electrons. The van der Waals surface area contributed by atoms with Gasteiger partial charge in [0.15, 0.2) is 0 Å². The van der Waals surface area contributed by atoms with Crippen molar-refractivity contribution >= 4 is 16.4 Å². The van der Waals surface area contributed by atoms with E-state index >= 15 is 0 Å². The molecule has 1 rings (SSSR count). The molecule has 0 saturated carbocycles. The first kappa shape index (κ1) is 12.7. The zero-order chi connectivity index (χ0) is 12.2. The molecule has 0 N–H and O–H groups in total. The lowest BCUT2D eigenvalue weighted by Crippen LogP contribution is -2.20. The predicted molar refractivity (Wildman–Crippen MR) is 57.8 cm³/mol.